The van der Waals surface area contributed by atoms with Gasteiger partial charge in [0.1, 0.15) is 5.75 Å². The Morgan fingerprint density at radius 3 is 3.00 bits per heavy atom. The minimum atomic E-state index is -0.117. The van der Waals surface area contributed by atoms with E-state index in [9.17, 15) is 4.79 Å². The van der Waals surface area contributed by atoms with Gasteiger partial charge in [-0.2, -0.15) is 0 Å². The highest BCUT2D eigenvalue weighted by atomic mass is 35.5. The van der Waals surface area contributed by atoms with Crippen LogP contribution in [0.4, 0.5) is 0 Å². The van der Waals surface area contributed by atoms with Gasteiger partial charge in [-0.3, -0.25) is 9.78 Å². The van der Waals surface area contributed by atoms with E-state index in [1.165, 1.54) is 12.3 Å². The van der Waals surface area contributed by atoms with Crippen LogP contribution in [-0.2, 0) is 5.88 Å². The van der Waals surface area contributed by atoms with Gasteiger partial charge in [-0.05, 0) is 6.07 Å². The molecule has 0 bridgehead atoms. The van der Waals surface area contributed by atoms with Crippen LogP contribution in [0.15, 0.2) is 12.3 Å². The van der Waals surface area contributed by atoms with Crippen molar-refractivity contribution in [3.05, 3.63) is 23.5 Å². The second-order valence-electron chi connectivity index (χ2n) is 1.99. The monoisotopic (exact) mass is 171 g/mol. The predicted octanol–water partition coefficient (Wildman–Crippen LogP) is 1.34. The van der Waals surface area contributed by atoms with Crippen molar-refractivity contribution in [2.75, 3.05) is 0 Å². The van der Waals surface area contributed by atoms with Gasteiger partial charge in [0, 0.05) is 0 Å². The first kappa shape index (κ1) is 8.01. The zero-order valence-electron chi connectivity index (χ0n) is 5.62. The van der Waals surface area contributed by atoms with Crippen LogP contribution >= 0.6 is 11.6 Å². The number of aldehydes is 1. The summed E-state index contributed by atoms with van der Waals surface area (Å²) in [7, 11) is 0. The number of aromatic hydroxyl groups is 1. The summed E-state index contributed by atoms with van der Waals surface area (Å²) in [6, 6.07) is 1.45. The number of carbonyl (C=O) groups is 1. The number of rotatable bonds is 2. The smallest absolute Gasteiger partial charge is 0.153 e. The lowest BCUT2D eigenvalue weighted by molar-refractivity contribution is 0.112. The van der Waals surface area contributed by atoms with Crippen LogP contribution in [0, 0.1) is 0 Å². The molecule has 1 rings (SSSR count). The number of hydrogen-bond acceptors (Lipinski definition) is 3. The highest BCUT2D eigenvalue weighted by molar-refractivity contribution is 6.16. The van der Waals surface area contributed by atoms with Crippen LogP contribution in [0.2, 0.25) is 0 Å². The molecule has 3 nitrogen and oxygen atoms in total. The molecule has 0 spiro atoms. The van der Waals surface area contributed by atoms with Gasteiger partial charge in [0.2, 0.25) is 0 Å². The number of alkyl halides is 1. The molecule has 1 aromatic heterocycles. The average molecular weight is 172 g/mol. The first-order valence-corrected chi connectivity index (χ1v) is 3.50. The van der Waals surface area contributed by atoms with Crippen LogP contribution in [0.5, 0.6) is 5.75 Å². The van der Waals surface area contributed by atoms with Crippen molar-refractivity contribution in [3.8, 4) is 5.75 Å². The number of aromatic nitrogens is 1. The van der Waals surface area contributed by atoms with Gasteiger partial charge in [0.15, 0.2) is 6.29 Å². The van der Waals surface area contributed by atoms with E-state index in [0.717, 1.165) is 0 Å². The van der Waals surface area contributed by atoms with E-state index in [0.29, 0.717) is 12.0 Å². The molecule has 0 aromatic carbocycles. The van der Waals surface area contributed by atoms with Crippen LogP contribution in [0.1, 0.15) is 16.1 Å². The van der Waals surface area contributed by atoms with Gasteiger partial charge in [0.05, 0.1) is 23.3 Å². The van der Waals surface area contributed by atoms with E-state index < -0.39 is 0 Å². The van der Waals surface area contributed by atoms with Crippen molar-refractivity contribution in [1.82, 2.24) is 4.98 Å². The number of carbonyl (C=O) groups excluding carboxylic acids is 1. The third kappa shape index (κ3) is 1.68. The Labute approximate surface area is 68.6 Å². The largest absolute Gasteiger partial charge is 0.506 e. The third-order valence-corrected chi connectivity index (χ3v) is 1.51. The lowest BCUT2D eigenvalue weighted by Crippen LogP contribution is -1.88. The predicted molar refractivity (Wildman–Crippen MR) is 40.8 cm³/mol. The van der Waals surface area contributed by atoms with Gasteiger partial charge >= 0.3 is 0 Å². The Balaban J connectivity index is 3.12. The molecule has 0 aliphatic rings. The number of pyridine rings is 1. The maximum atomic E-state index is 10.3. The highest BCUT2D eigenvalue weighted by Crippen LogP contribution is 2.14. The molecular weight excluding hydrogens is 166 g/mol. The maximum absolute atomic E-state index is 10.3. The molecule has 1 aromatic rings. The molecule has 1 N–H and O–H groups in total. The summed E-state index contributed by atoms with van der Waals surface area (Å²) in [6.07, 6.45) is 1.77. The molecule has 0 atom stereocenters. The summed E-state index contributed by atoms with van der Waals surface area (Å²) >= 11 is 5.45. The van der Waals surface area contributed by atoms with Gasteiger partial charge in [0.25, 0.3) is 0 Å². The van der Waals surface area contributed by atoms with Crippen LogP contribution in [-0.4, -0.2) is 16.4 Å². The molecule has 1 heterocycles. The summed E-state index contributed by atoms with van der Waals surface area (Å²) in [4.78, 5) is 14.0. The summed E-state index contributed by atoms with van der Waals surface area (Å²) in [5, 5.41) is 8.99. The van der Waals surface area contributed by atoms with Gasteiger partial charge in [-0.25, -0.2) is 0 Å². The molecule has 58 valence electrons. The quantitative estimate of drug-likeness (QED) is 0.540. The fourth-order valence-electron chi connectivity index (χ4n) is 0.677. The molecule has 0 saturated heterocycles. The molecule has 0 saturated carbocycles. The van der Waals surface area contributed by atoms with Gasteiger partial charge in [-0.1, -0.05) is 0 Å². The van der Waals surface area contributed by atoms with Gasteiger partial charge < -0.3 is 5.11 Å². The van der Waals surface area contributed by atoms with Crippen molar-refractivity contribution in [1.29, 1.82) is 0 Å². The zero-order chi connectivity index (χ0) is 8.27. The van der Waals surface area contributed by atoms with Crippen LogP contribution < -0.4 is 0 Å². The van der Waals surface area contributed by atoms with Gasteiger partial charge in [-0.15, -0.1) is 11.6 Å². The third-order valence-electron chi connectivity index (χ3n) is 1.23. The Hall–Kier alpha value is -1.09. The lowest BCUT2D eigenvalue weighted by atomic mass is 10.2. The SMILES string of the molecule is O=Cc1cc(CCl)ncc1O. The second kappa shape index (κ2) is 3.34. The maximum Gasteiger partial charge on any atom is 0.153 e. The topological polar surface area (TPSA) is 50.2 Å². The van der Waals surface area contributed by atoms with E-state index in [2.05, 4.69) is 4.98 Å². The number of halogens is 1. The van der Waals surface area contributed by atoms with E-state index in [1.807, 2.05) is 0 Å². The molecule has 0 unspecified atom stereocenters. The van der Waals surface area contributed by atoms with Crippen molar-refractivity contribution in [3.63, 3.8) is 0 Å². The second-order valence-corrected chi connectivity index (χ2v) is 2.25. The molecular formula is C7H6ClNO2. The minimum absolute atomic E-state index is 0.117. The minimum Gasteiger partial charge on any atom is -0.506 e. The Morgan fingerprint density at radius 2 is 2.45 bits per heavy atom. The number of nitrogens with zero attached hydrogens (tertiary/aromatic N) is 1. The molecule has 0 radical (unpaired) electrons. The van der Waals surface area contributed by atoms with E-state index >= 15 is 0 Å². The first-order valence-electron chi connectivity index (χ1n) is 2.97. The normalized spacial score (nSPS) is 9.55. The molecule has 11 heavy (non-hydrogen) atoms. The standard InChI is InChI=1S/C7H6ClNO2/c8-2-6-1-5(4-10)7(11)3-9-6/h1,3-4,11H,2H2. The van der Waals surface area contributed by atoms with E-state index in [4.69, 9.17) is 16.7 Å². The van der Waals surface area contributed by atoms with Crippen LogP contribution in [0.3, 0.4) is 0 Å². The Bertz CT molecular complexity index is 275. The fraction of sp³-hybridized carbons (Fsp3) is 0.143. The van der Waals surface area contributed by atoms with E-state index in [-0.39, 0.29) is 17.2 Å². The summed E-state index contributed by atoms with van der Waals surface area (Å²) < 4.78 is 0. The summed E-state index contributed by atoms with van der Waals surface area (Å²) in [6.45, 7) is 0. The van der Waals surface area contributed by atoms with Crippen LogP contribution in [0.25, 0.3) is 0 Å². The van der Waals surface area contributed by atoms with E-state index in [1.54, 1.807) is 0 Å². The zero-order valence-corrected chi connectivity index (χ0v) is 6.38. The molecule has 0 fully saturated rings. The summed E-state index contributed by atoms with van der Waals surface area (Å²) in [5.74, 6) is 0.120. The highest BCUT2D eigenvalue weighted by Gasteiger charge is 2.00. The lowest BCUT2D eigenvalue weighted by Gasteiger charge is -1.97. The fourth-order valence-corrected chi connectivity index (χ4v) is 0.823. The Kier molecular flexibility index (Phi) is 2.44. The summed E-state index contributed by atoms with van der Waals surface area (Å²) in [5.41, 5.74) is 0.794. The number of hydrogen-bond donors (Lipinski definition) is 1. The average Bonchev–Trinajstić information content (AvgIpc) is 2.05. The van der Waals surface area contributed by atoms with Crippen molar-refractivity contribution in [2.24, 2.45) is 0 Å². The van der Waals surface area contributed by atoms with Crippen molar-refractivity contribution < 1.29 is 9.90 Å². The molecule has 0 aliphatic heterocycles. The first-order chi connectivity index (χ1) is 5.27. The molecule has 0 amide bonds. The van der Waals surface area contributed by atoms with Crippen molar-refractivity contribution >= 4 is 17.9 Å². The Morgan fingerprint density at radius 1 is 1.73 bits per heavy atom. The molecule has 4 heteroatoms. The molecule has 0 aliphatic carbocycles. The van der Waals surface area contributed by atoms with Crippen molar-refractivity contribution in [2.45, 2.75) is 5.88 Å².